The smallest absolute Gasteiger partial charge is 0.223 e. The molecule has 3 rings (SSSR count). The van der Waals surface area contributed by atoms with E-state index in [1.165, 1.54) is 19.3 Å². The Hall–Kier alpha value is -1.56. The molecule has 6 nitrogen and oxygen atoms in total. The first-order valence-electron chi connectivity index (χ1n) is 6.50. The van der Waals surface area contributed by atoms with Crippen LogP contribution in [0, 0.1) is 0 Å². The van der Waals surface area contributed by atoms with Gasteiger partial charge in [-0.25, -0.2) is 0 Å². The molecular weight excluding hydrogens is 228 g/mol. The van der Waals surface area contributed by atoms with Crippen LogP contribution >= 0.6 is 0 Å². The number of anilines is 3. The van der Waals surface area contributed by atoms with Crippen molar-refractivity contribution in [3.63, 3.8) is 0 Å². The van der Waals surface area contributed by atoms with Gasteiger partial charge in [-0.2, -0.15) is 9.97 Å². The number of nitrogens with zero attached hydrogens (tertiary/aromatic N) is 4. The Morgan fingerprint density at radius 2 is 1.94 bits per heavy atom. The summed E-state index contributed by atoms with van der Waals surface area (Å²) in [5.74, 6) is 1.56. The lowest BCUT2D eigenvalue weighted by molar-refractivity contribution is 0.254. The maximum atomic E-state index is 5.74. The summed E-state index contributed by atoms with van der Waals surface area (Å²) < 4.78 is 0. The zero-order chi connectivity index (χ0) is 12.7. The lowest BCUT2D eigenvalue weighted by Crippen LogP contribution is -2.37. The number of nitrogen functional groups attached to an aromatic ring is 2. The van der Waals surface area contributed by atoms with Gasteiger partial charge in [-0.15, -0.1) is 0 Å². The third kappa shape index (κ3) is 1.96. The molecule has 0 spiro atoms. The monoisotopic (exact) mass is 248 g/mol. The third-order valence-corrected chi connectivity index (χ3v) is 4.22. The molecule has 0 radical (unpaired) electrons. The van der Waals surface area contributed by atoms with Crippen LogP contribution in [0.5, 0.6) is 0 Å². The second kappa shape index (κ2) is 4.28. The van der Waals surface area contributed by atoms with Crippen LogP contribution in [0.4, 0.5) is 17.6 Å². The van der Waals surface area contributed by atoms with E-state index in [1.807, 2.05) is 6.07 Å². The van der Waals surface area contributed by atoms with Gasteiger partial charge in [-0.05, 0) is 26.3 Å². The van der Waals surface area contributed by atoms with E-state index in [-0.39, 0.29) is 5.95 Å². The second-order valence-electron chi connectivity index (χ2n) is 5.29. The second-order valence-corrected chi connectivity index (χ2v) is 5.29. The molecule has 18 heavy (non-hydrogen) atoms. The summed E-state index contributed by atoms with van der Waals surface area (Å²) >= 11 is 0. The van der Waals surface area contributed by atoms with Crippen LogP contribution in [-0.4, -0.2) is 47.1 Å². The summed E-state index contributed by atoms with van der Waals surface area (Å²) in [5.41, 5.74) is 11.4. The number of aromatic nitrogens is 2. The maximum Gasteiger partial charge on any atom is 0.223 e. The Balaban J connectivity index is 1.84. The molecule has 2 saturated heterocycles. The van der Waals surface area contributed by atoms with Crippen LogP contribution in [-0.2, 0) is 0 Å². The normalized spacial score (nSPS) is 28.4. The van der Waals surface area contributed by atoms with Gasteiger partial charge in [0.1, 0.15) is 11.6 Å². The van der Waals surface area contributed by atoms with Crippen molar-refractivity contribution in [3.05, 3.63) is 6.07 Å². The summed E-state index contributed by atoms with van der Waals surface area (Å²) in [4.78, 5) is 13.0. The van der Waals surface area contributed by atoms with Gasteiger partial charge in [0.15, 0.2) is 0 Å². The van der Waals surface area contributed by atoms with E-state index < -0.39 is 0 Å². The van der Waals surface area contributed by atoms with Gasteiger partial charge in [0.25, 0.3) is 0 Å². The molecule has 2 aliphatic heterocycles. The van der Waals surface area contributed by atoms with E-state index in [0.29, 0.717) is 11.9 Å². The lowest BCUT2D eigenvalue weighted by atomic mass is 10.1. The van der Waals surface area contributed by atoms with Crippen LogP contribution in [0.15, 0.2) is 6.07 Å². The van der Waals surface area contributed by atoms with E-state index in [9.17, 15) is 0 Å². The van der Waals surface area contributed by atoms with Crippen LogP contribution in [0.2, 0.25) is 0 Å². The molecule has 0 saturated carbocycles. The molecule has 0 aromatic carbocycles. The van der Waals surface area contributed by atoms with Gasteiger partial charge in [0.2, 0.25) is 5.95 Å². The Morgan fingerprint density at radius 3 is 2.72 bits per heavy atom. The summed E-state index contributed by atoms with van der Waals surface area (Å²) in [6.45, 7) is 2.02. The summed E-state index contributed by atoms with van der Waals surface area (Å²) in [7, 11) is 2.23. The van der Waals surface area contributed by atoms with Crippen molar-refractivity contribution in [2.24, 2.45) is 0 Å². The van der Waals surface area contributed by atoms with E-state index in [1.54, 1.807) is 0 Å². The highest BCUT2D eigenvalue weighted by molar-refractivity contribution is 5.50. The molecule has 98 valence electrons. The molecule has 1 aromatic heterocycles. The van der Waals surface area contributed by atoms with Crippen molar-refractivity contribution < 1.29 is 0 Å². The summed E-state index contributed by atoms with van der Waals surface area (Å²) in [6.07, 6.45) is 3.77. The van der Waals surface area contributed by atoms with Gasteiger partial charge in [-0.3, -0.25) is 4.90 Å². The van der Waals surface area contributed by atoms with Crippen molar-refractivity contribution >= 4 is 17.6 Å². The fourth-order valence-corrected chi connectivity index (χ4v) is 3.15. The Bertz CT molecular complexity index is 428. The first-order valence-corrected chi connectivity index (χ1v) is 6.50. The highest BCUT2D eigenvalue weighted by atomic mass is 15.3. The van der Waals surface area contributed by atoms with E-state index in [4.69, 9.17) is 11.5 Å². The standard InChI is InChI=1S/C12H20N6/c1-17-8-2-3-9(17)7-18(5-4-8)11-6-10(13)15-12(14)16-11/h6,8-9H,2-5,7H2,1H3,(H4,13,14,15,16). The molecule has 2 aliphatic rings. The predicted octanol–water partition coefficient (Wildman–Crippen LogP) is 0.314. The van der Waals surface area contributed by atoms with Gasteiger partial charge in [-0.1, -0.05) is 0 Å². The van der Waals surface area contributed by atoms with Gasteiger partial charge in [0.05, 0.1) is 0 Å². The first-order chi connectivity index (χ1) is 8.63. The van der Waals surface area contributed by atoms with E-state index >= 15 is 0 Å². The Morgan fingerprint density at radius 1 is 1.17 bits per heavy atom. The molecule has 2 fully saturated rings. The minimum atomic E-state index is 0.257. The number of hydrogen-bond donors (Lipinski definition) is 2. The fourth-order valence-electron chi connectivity index (χ4n) is 3.15. The van der Waals surface area contributed by atoms with Crippen LogP contribution < -0.4 is 16.4 Å². The van der Waals surface area contributed by atoms with Crippen molar-refractivity contribution in [1.82, 2.24) is 14.9 Å². The van der Waals surface area contributed by atoms with Gasteiger partial charge >= 0.3 is 0 Å². The fraction of sp³-hybridized carbons (Fsp3) is 0.667. The van der Waals surface area contributed by atoms with Crippen molar-refractivity contribution in [2.75, 3.05) is 36.5 Å². The molecule has 0 amide bonds. The number of likely N-dealkylation sites (N-methyl/N-ethyl adjacent to an activating group) is 1. The minimum absolute atomic E-state index is 0.257. The lowest BCUT2D eigenvalue weighted by Gasteiger charge is -2.26. The molecule has 3 heterocycles. The largest absolute Gasteiger partial charge is 0.383 e. The van der Waals surface area contributed by atoms with Crippen LogP contribution in [0.25, 0.3) is 0 Å². The molecular formula is C12H20N6. The quantitative estimate of drug-likeness (QED) is 0.744. The molecule has 2 atom stereocenters. The molecule has 1 aromatic rings. The first kappa shape index (κ1) is 11.5. The van der Waals surface area contributed by atoms with Crippen molar-refractivity contribution in [2.45, 2.75) is 31.3 Å². The highest BCUT2D eigenvalue weighted by Gasteiger charge is 2.35. The maximum absolute atomic E-state index is 5.74. The zero-order valence-corrected chi connectivity index (χ0v) is 10.7. The molecule has 2 bridgehead atoms. The minimum Gasteiger partial charge on any atom is -0.383 e. The highest BCUT2D eigenvalue weighted by Crippen LogP contribution is 2.30. The van der Waals surface area contributed by atoms with E-state index in [0.717, 1.165) is 24.9 Å². The van der Waals surface area contributed by atoms with Crippen LogP contribution in [0.1, 0.15) is 19.3 Å². The zero-order valence-electron chi connectivity index (χ0n) is 10.7. The predicted molar refractivity (Wildman–Crippen MR) is 72.3 cm³/mol. The van der Waals surface area contributed by atoms with Crippen molar-refractivity contribution in [3.8, 4) is 0 Å². The number of nitrogens with two attached hydrogens (primary N) is 2. The number of fused-ring (bicyclic) bond motifs is 2. The average Bonchev–Trinajstić information content (AvgIpc) is 2.51. The van der Waals surface area contributed by atoms with Gasteiger partial charge < -0.3 is 16.4 Å². The van der Waals surface area contributed by atoms with E-state index in [2.05, 4.69) is 26.8 Å². The Kier molecular flexibility index (Phi) is 2.74. The molecule has 4 N–H and O–H groups in total. The Labute approximate surface area is 107 Å². The molecule has 0 aliphatic carbocycles. The van der Waals surface area contributed by atoms with Gasteiger partial charge in [0, 0.05) is 31.2 Å². The molecule has 2 unspecified atom stereocenters. The number of hydrogen-bond acceptors (Lipinski definition) is 6. The molecule has 6 heteroatoms. The number of rotatable bonds is 1. The topological polar surface area (TPSA) is 84.3 Å². The van der Waals surface area contributed by atoms with Crippen LogP contribution in [0.3, 0.4) is 0 Å². The summed E-state index contributed by atoms with van der Waals surface area (Å²) in [5, 5.41) is 0. The summed E-state index contributed by atoms with van der Waals surface area (Å²) in [6, 6.07) is 3.15. The average molecular weight is 248 g/mol. The third-order valence-electron chi connectivity index (χ3n) is 4.22. The van der Waals surface area contributed by atoms with Crippen molar-refractivity contribution in [1.29, 1.82) is 0 Å². The SMILES string of the molecule is CN1C2CCC1CN(c1cc(N)nc(N)n1)CC2.